The average Bonchev–Trinajstić information content (AvgIpc) is 2.71. The lowest BCUT2D eigenvalue weighted by atomic mass is 9.91. The number of fused-ring (bicyclic) bond motifs is 1. The maximum atomic E-state index is 14.6. The van der Waals surface area contributed by atoms with Crippen LogP contribution in [0.5, 0.6) is 11.5 Å². The van der Waals surface area contributed by atoms with Gasteiger partial charge in [0.05, 0.1) is 5.56 Å². The lowest BCUT2D eigenvalue weighted by Gasteiger charge is -2.30. The van der Waals surface area contributed by atoms with Crippen LogP contribution in [0.3, 0.4) is 0 Å². The summed E-state index contributed by atoms with van der Waals surface area (Å²) in [5, 5.41) is 6.13. The van der Waals surface area contributed by atoms with Crippen molar-refractivity contribution in [2.24, 2.45) is 11.5 Å². The number of benzene rings is 1. The van der Waals surface area contributed by atoms with Crippen LogP contribution in [0.4, 0.5) is 21.7 Å². The summed E-state index contributed by atoms with van der Waals surface area (Å²) in [5.74, 6) is -0.0188. The number of pyridine rings is 1. The number of carbonyl (C=O) groups excluding carboxylic acids is 1. The summed E-state index contributed by atoms with van der Waals surface area (Å²) >= 11 is 0. The van der Waals surface area contributed by atoms with Crippen LogP contribution >= 0.6 is 0 Å². The Morgan fingerprint density at radius 3 is 2.62 bits per heavy atom. The third-order valence-corrected chi connectivity index (χ3v) is 5.19. The number of aromatic nitrogens is 1. The first-order chi connectivity index (χ1) is 14.0. The molecule has 6 N–H and O–H groups in total. The summed E-state index contributed by atoms with van der Waals surface area (Å²) in [5.41, 5.74) is 12.1. The SMILES string of the molecule is NC(=O)c1cc(F)c(NC2CCCC[C@@H]2N)nc1Nc1ccc2c(c1)OCCO2. The number of rotatable bonds is 5. The Kier molecular flexibility index (Phi) is 5.39. The number of nitrogens with two attached hydrogens (primary N) is 2. The van der Waals surface area contributed by atoms with Gasteiger partial charge >= 0.3 is 0 Å². The molecule has 9 heteroatoms. The second-order valence-electron chi connectivity index (χ2n) is 7.26. The second kappa shape index (κ2) is 8.12. The third-order valence-electron chi connectivity index (χ3n) is 5.19. The molecule has 1 aliphatic carbocycles. The van der Waals surface area contributed by atoms with Crippen molar-refractivity contribution in [2.75, 3.05) is 23.8 Å². The first kappa shape index (κ1) is 19.3. The number of nitrogens with zero attached hydrogens (tertiary/aromatic N) is 1. The lowest BCUT2D eigenvalue weighted by Crippen LogP contribution is -2.43. The van der Waals surface area contributed by atoms with Gasteiger partial charge < -0.3 is 31.6 Å². The van der Waals surface area contributed by atoms with E-state index < -0.39 is 11.7 Å². The third kappa shape index (κ3) is 4.19. The minimum atomic E-state index is -0.780. The van der Waals surface area contributed by atoms with Crippen LogP contribution in [0, 0.1) is 5.82 Å². The van der Waals surface area contributed by atoms with Gasteiger partial charge in [0.25, 0.3) is 5.91 Å². The van der Waals surface area contributed by atoms with Gasteiger partial charge in [0.1, 0.15) is 19.0 Å². The molecule has 0 bridgehead atoms. The second-order valence-corrected chi connectivity index (χ2v) is 7.26. The van der Waals surface area contributed by atoms with E-state index in [-0.39, 0.29) is 29.3 Å². The molecule has 4 rings (SSSR count). The Bertz CT molecular complexity index is 923. The zero-order valence-corrected chi connectivity index (χ0v) is 15.9. The standard InChI is InChI=1S/C20H24FN5O3/c21-13-10-12(18(23)27)19(26-20(13)25-15-4-2-1-3-14(15)22)24-11-5-6-16-17(9-11)29-8-7-28-16/h5-6,9-10,14-15H,1-4,7-8,22H2,(H2,23,27)(H2,24,25,26)/t14-,15?/m0/s1. The summed E-state index contributed by atoms with van der Waals surface area (Å²) in [7, 11) is 0. The quantitative estimate of drug-likeness (QED) is 0.607. The molecule has 29 heavy (non-hydrogen) atoms. The molecule has 2 aliphatic rings. The van der Waals surface area contributed by atoms with Crippen LogP contribution in [0.25, 0.3) is 0 Å². The molecule has 2 aromatic rings. The van der Waals surface area contributed by atoms with Gasteiger partial charge in [-0.1, -0.05) is 12.8 Å². The Morgan fingerprint density at radius 2 is 1.86 bits per heavy atom. The topological polar surface area (TPSA) is 125 Å². The molecule has 1 saturated carbocycles. The van der Waals surface area contributed by atoms with Gasteiger partial charge in [-0.3, -0.25) is 4.79 Å². The number of anilines is 3. The van der Waals surface area contributed by atoms with Crippen molar-refractivity contribution in [1.82, 2.24) is 4.98 Å². The minimum absolute atomic E-state index is 0.0393. The molecule has 1 fully saturated rings. The monoisotopic (exact) mass is 401 g/mol. The van der Waals surface area contributed by atoms with E-state index >= 15 is 0 Å². The summed E-state index contributed by atoms with van der Waals surface area (Å²) in [4.78, 5) is 16.1. The highest BCUT2D eigenvalue weighted by Gasteiger charge is 2.24. The average molecular weight is 401 g/mol. The smallest absolute Gasteiger partial charge is 0.252 e. The molecule has 1 unspecified atom stereocenters. The van der Waals surface area contributed by atoms with Gasteiger partial charge in [-0.25, -0.2) is 9.37 Å². The molecule has 154 valence electrons. The van der Waals surface area contributed by atoms with Crippen molar-refractivity contribution in [1.29, 1.82) is 0 Å². The van der Waals surface area contributed by atoms with Crippen LogP contribution in [0.2, 0.25) is 0 Å². The van der Waals surface area contributed by atoms with Crippen LogP contribution in [0.15, 0.2) is 24.3 Å². The summed E-state index contributed by atoms with van der Waals surface area (Å²) in [6.07, 6.45) is 3.80. The molecule has 0 radical (unpaired) electrons. The summed E-state index contributed by atoms with van der Waals surface area (Å²) < 4.78 is 25.7. The Labute approximate surface area is 167 Å². The van der Waals surface area contributed by atoms with Crippen molar-refractivity contribution >= 4 is 23.2 Å². The number of carbonyl (C=O) groups is 1. The Morgan fingerprint density at radius 1 is 1.10 bits per heavy atom. The Hall–Kier alpha value is -3.07. The van der Waals surface area contributed by atoms with Crippen LogP contribution in [-0.4, -0.2) is 36.2 Å². The highest BCUT2D eigenvalue weighted by atomic mass is 19.1. The van der Waals surface area contributed by atoms with Gasteiger partial charge in [-0.05, 0) is 31.0 Å². The molecule has 0 spiro atoms. The fourth-order valence-electron chi connectivity index (χ4n) is 3.65. The van der Waals surface area contributed by atoms with E-state index in [0.717, 1.165) is 31.7 Å². The highest BCUT2D eigenvalue weighted by molar-refractivity contribution is 5.98. The highest BCUT2D eigenvalue weighted by Crippen LogP contribution is 2.34. The molecule has 2 atom stereocenters. The van der Waals surface area contributed by atoms with E-state index in [0.29, 0.717) is 30.4 Å². The van der Waals surface area contributed by atoms with Gasteiger partial charge in [0, 0.05) is 23.8 Å². The van der Waals surface area contributed by atoms with Crippen LogP contribution in [0.1, 0.15) is 36.0 Å². The zero-order chi connectivity index (χ0) is 20.4. The van der Waals surface area contributed by atoms with Crippen LogP contribution < -0.4 is 31.6 Å². The van der Waals surface area contributed by atoms with E-state index in [9.17, 15) is 9.18 Å². The van der Waals surface area contributed by atoms with E-state index in [1.807, 2.05) is 0 Å². The molecular formula is C20H24FN5O3. The fourth-order valence-corrected chi connectivity index (χ4v) is 3.65. The predicted molar refractivity (Wildman–Crippen MR) is 107 cm³/mol. The van der Waals surface area contributed by atoms with Gasteiger partial charge in [-0.2, -0.15) is 0 Å². The molecule has 1 amide bonds. The Balaban J connectivity index is 1.63. The molecule has 8 nitrogen and oxygen atoms in total. The number of primary amides is 1. The van der Waals surface area contributed by atoms with Crippen molar-refractivity contribution in [3.63, 3.8) is 0 Å². The number of hydrogen-bond donors (Lipinski definition) is 4. The maximum absolute atomic E-state index is 14.6. The fraction of sp³-hybridized carbons (Fsp3) is 0.400. The maximum Gasteiger partial charge on any atom is 0.252 e. The molecule has 2 heterocycles. The van der Waals surface area contributed by atoms with E-state index in [1.165, 1.54) is 0 Å². The van der Waals surface area contributed by atoms with Gasteiger partial charge in [0.15, 0.2) is 23.1 Å². The number of ether oxygens (including phenoxy) is 2. The normalized spacial score (nSPS) is 20.8. The summed E-state index contributed by atoms with van der Waals surface area (Å²) in [6, 6.07) is 6.18. The molecular weight excluding hydrogens is 377 g/mol. The van der Waals surface area contributed by atoms with E-state index in [1.54, 1.807) is 18.2 Å². The minimum Gasteiger partial charge on any atom is -0.486 e. The lowest BCUT2D eigenvalue weighted by molar-refractivity contribution is 0.100. The zero-order valence-electron chi connectivity index (χ0n) is 15.9. The molecule has 1 aromatic carbocycles. The number of nitrogens with one attached hydrogen (secondary N) is 2. The van der Waals surface area contributed by atoms with Crippen LogP contribution in [-0.2, 0) is 0 Å². The van der Waals surface area contributed by atoms with E-state index in [4.69, 9.17) is 20.9 Å². The molecule has 1 aromatic heterocycles. The number of halogens is 1. The van der Waals surface area contributed by atoms with Gasteiger partial charge in [-0.15, -0.1) is 0 Å². The van der Waals surface area contributed by atoms with Crippen molar-refractivity contribution < 1.29 is 18.7 Å². The number of hydrogen-bond acceptors (Lipinski definition) is 7. The largest absolute Gasteiger partial charge is 0.486 e. The molecule has 1 aliphatic heterocycles. The van der Waals surface area contributed by atoms with E-state index in [2.05, 4.69) is 15.6 Å². The summed E-state index contributed by atoms with van der Waals surface area (Å²) in [6.45, 7) is 0.941. The van der Waals surface area contributed by atoms with Crippen molar-refractivity contribution in [3.8, 4) is 11.5 Å². The van der Waals surface area contributed by atoms with Crippen molar-refractivity contribution in [3.05, 3.63) is 35.6 Å². The number of amides is 1. The first-order valence-electron chi connectivity index (χ1n) is 9.70. The first-order valence-corrected chi connectivity index (χ1v) is 9.70. The van der Waals surface area contributed by atoms with Gasteiger partial charge in [0.2, 0.25) is 0 Å². The molecule has 0 saturated heterocycles. The van der Waals surface area contributed by atoms with Crippen molar-refractivity contribution in [2.45, 2.75) is 37.8 Å². The predicted octanol–water partition coefficient (Wildman–Crippen LogP) is 2.52.